The van der Waals surface area contributed by atoms with Crippen LogP contribution >= 0.6 is 0 Å². The van der Waals surface area contributed by atoms with E-state index >= 15 is 0 Å². The van der Waals surface area contributed by atoms with Gasteiger partial charge >= 0.3 is 0 Å². The number of benzene rings is 2. The Bertz CT molecular complexity index is 730. The van der Waals surface area contributed by atoms with Crippen LogP contribution in [0.2, 0.25) is 0 Å². The van der Waals surface area contributed by atoms with Crippen molar-refractivity contribution in [2.24, 2.45) is 0 Å². The van der Waals surface area contributed by atoms with Crippen molar-refractivity contribution in [3.63, 3.8) is 0 Å². The summed E-state index contributed by atoms with van der Waals surface area (Å²) in [6.45, 7) is 10.2. The lowest BCUT2D eigenvalue weighted by molar-refractivity contribution is 0.588. The minimum atomic E-state index is 0.203. The molecular formula is C22H26N2. The van der Waals surface area contributed by atoms with Gasteiger partial charge in [-0.25, -0.2) is 0 Å². The number of nitrogens with zero attached hydrogens (tertiary/aromatic N) is 2. The second-order valence-electron chi connectivity index (χ2n) is 7.86. The van der Waals surface area contributed by atoms with E-state index in [1.54, 1.807) is 0 Å². The average Bonchev–Trinajstić information content (AvgIpc) is 2.96. The molecule has 1 fully saturated rings. The Labute approximate surface area is 145 Å². The fourth-order valence-corrected chi connectivity index (χ4v) is 3.71. The quantitative estimate of drug-likeness (QED) is 0.757. The van der Waals surface area contributed by atoms with E-state index in [2.05, 4.69) is 75.1 Å². The zero-order valence-electron chi connectivity index (χ0n) is 15.1. The summed E-state index contributed by atoms with van der Waals surface area (Å²) in [5, 5.41) is 8.95. The van der Waals surface area contributed by atoms with Gasteiger partial charge in [-0.05, 0) is 54.2 Å². The molecule has 0 aromatic heterocycles. The van der Waals surface area contributed by atoms with Crippen molar-refractivity contribution >= 4 is 5.69 Å². The second-order valence-corrected chi connectivity index (χ2v) is 7.86. The normalized spacial score (nSPS) is 20.9. The molecule has 2 atom stereocenters. The highest BCUT2D eigenvalue weighted by Crippen LogP contribution is 2.37. The van der Waals surface area contributed by atoms with Gasteiger partial charge in [-0.1, -0.05) is 45.0 Å². The molecule has 2 nitrogen and oxygen atoms in total. The van der Waals surface area contributed by atoms with Crippen molar-refractivity contribution in [1.29, 1.82) is 5.26 Å². The lowest BCUT2D eigenvalue weighted by Crippen LogP contribution is -2.29. The van der Waals surface area contributed by atoms with Crippen LogP contribution in [0, 0.1) is 11.3 Å². The number of hydrogen-bond acceptors (Lipinski definition) is 2. The molecular weight excluding hydrogens is 292 g/mol. The third-order valence-corrected chi connectivity index (χ3v) is 5.29. The van der Waals surface area contributed by atoms with Crippen LogP contribution in [0.1, 0.15) is 56.7 Å². The van der Waals surface area contributed by atoms with E-state index in [4.69, 9.17) is 5.26 Å². The maximum absolute atomic E-state index is 8.95. The van der Waals surface area contributed by atoms with Crippen molar-refractivity contribution in [2.45, 2.75) is 51.5 Å². The van der Waals surface area contributed by atoms with Gasteiger partial charge in [0, 0.05) is 24.2 Å². The third-order valence-electron chi connectivity index (χ3n) is 5.29. The number of nitriles is 1. The van der Waals surface area contributed by atoms with E-state index in [1.807, 2.05) is 12.1 Å². The molecule has 2 heteroatoms. The Hall–Kier alpha value is -2.27. The molecule has 1 heterocycles. The van der Waals surface area contributed by atoms with Gasteiger partial charge in [0.05, 0.1) is 11.6 Å². The predicted molar refractivity (Wildman–Crippen MR) is 100 cm³/mol. The maximum Gasteiger partial charge on any atom is 0.0991 e. The summed E-state index contributed by atoms with van der Waals surface area (Å²) in [5.74, 6) is 0.565. The summed E-state index contributed by atoms with van der Waals surface area (Å²) in [5.41, 5.74) is 4.97. The van der Waals surface area contributed by atoms with Crippen LogP contribution in [-0.2, 0) is 5.41 Å². The second kappa shape index (κ2) is 6.32. The van der Waals surface area contributed by atoms with Gasteiger partial charge in [0.1, 0.15) is 0 Å². The summed E-state index contributed by atoms with van der Waals surface area (Å²) >= 11 is 0. The van der Waals surface area contributed by atoms with E-state index in [9.17, 15) is 0 Å². The van der Waals surface area contributed by atoms with Gasteiger partial charge < -0.3 is 4.90 Å². The smallest absolute Gasteiger partial charge is 0.0991 e. The first kappa shape index (κ1) is 16.6. The maximum atomic E-state index is 8.95. The summed E-state index contributed by atoms with van der Waals surface area (Å²) in [4.78, 5) is 2.46. The number of anilines is 1. The van der Waals surface area contributed by atoms with Crippen molar-refractivity contribution < 1.29 is 0 Å². The van der Waals surface area contributed by atoms with Crippen molar-refractivity contribution in [1.82, 2.24) is 0 Å². The minimum Gasteiger partial charge on any atom is -0.368 e. The van der Waals surface area contributed by atoms with E-state index in [-0.39, 0.29) is 5.41 Å². The Balaban J connectivity index is 1.78. The van der Waals surface area contributed by atoms with Gasteiger partial charge in [-0.15, -0.1) is 0 Å². The first-order valence-electron chi connectivity index (χ1n) is 8.77. The highest BCUT2D eigenvalue weighted by atomic mass is 15.2. The first-order valence-corrected chi connectivity index (χ1v) is 8.77. The Morgan fingerprint density at radius 3 is 2.17 bits per heavy atom. The summed E-state index contributed by atoms with van der Waals surface area (Å²) in [6, 6.07) is 19.8. The molecule has 0 N–H and O–H groups in total. The Morgan fingerprint density at radius 2 is 1.62 bits per heavy atom. The first-order chi connectivity index (χ1) is 11.4. The molecule has 0 unspecified atom stereocenters. The predicted octanol–water partition coefficient (Wildman–Crippen LogP) is 5.24. The fraction of sp³-hybridized carbons (Fsp3) is 0.409. The van der Waals surface area contributed by atoms with Crippen LogP contribution in [0.5, 0.6) is 0 Å². The summed E-state index contributed by atoms with van der Waals surface area (Å²) in [7, 11) is 0. The molecule has 2 aromatic carbocycles. The molecule has 1 aliphatic heterocycles. The van der Waals surface area contributed by atoms with E-state index in [0.717, 1.165) is 12.1 Å². The SMILES string of the molecule is C[C@@H]1[C@@H](c2ccc(C(C)(C)C)cc2)CCN1c1ccc(C#N)cc1. The molecule has 0 bridgehead atoms. The number of hydrogen-bond donors (Lipinski definition) is 0. The monoisotopic (exact) mass is 318 g/mol. The minimum absolute atomic E-state index is 0.203. The van der Waals surface area contributed by atoms with Crippen molar-refractivity contribution in [3.8, 4) is 6.07 Å². The van der Waals surface area contributed by atoms with Crippen LogP contribution in [0.4, 0.5) is 5.69 Å². The molecule has 0 amide bonds. The average molecular weight is 318 g/mol. The summed E-state index contributed by atoms with van der Waals surface area (Å²) in [6.07, 6.45) is 1.18. The topological polar surface area (TPSA) is 27.0 Å². The van der Waals surface area contributed by atoms with Crippen LogP contribution in [0.25, 0.3) is 0 Å². The Morgan fingerprint density at radius 1 is 1.00 bits per heavy atom. The van der Waals surface area contributed by atoms with Crippen LogP contribution < -0.4 is 4.90 Å². The third kappa shape index (κ3) is 3.17. The lowest BCUT2D eigenvalue weighted by Gasteiger charge is -2.27. The van der Waals surface area contributed by atoms with E-state index in [1.165, 1.54) is 23.2 Å². The number of rotatable bonds is 2. The zero-order valence-corrected chi connectivity index (χ0v) is 15.1. The van der Waals surface area contributed by atoms with Gasteiger partial charge in [-0.2, -0.15) is 5.26 Å². The molecule has 124 valence electrons. The molecule has 1 saturated heterocycles. The van der Waals surface area contributed by atoms with Gasteiger partial charge in [0.2, 0.25) is 0 Å². The molecule has 0 radical (unpaired) electrons. The summed E-state index contributed by atoms with van der Waals surface area (Å²) < 4.78 is 0. The lowest BCUT2D eigenvalue weighted by atomic mass is 9.84. The van der Waals surface area contributed by atoms with Gasteiger partial charge in [-0.3, -0.25) is 0 Å². The highest BCUT2D eigenvalue weighted by molar-refractivity contribution is 5.52. The largest absolute Gasteiger partial charge is 0.368 e. The molecule has 0 spiro atoms. The van der Waals surface area contributed by atoms with E-state index < -0.39 is 0 Å². The molecule has 24 heavy (non-hydrogen) atoms. The molecule has 0 aliphatic carbocycles. The van der Waals surface area contributed by atoms with Crippen LogP contribution in [0.3, 0.4) is 0 Å². The fourth-order valence-electron chi connectivity index (χ4n) is 3.71. The molecule has 2 aromatic rings. The molecule has 3 rings (SSSR count). The standard InChI is InChI=1S/C22H26N2/c1-16-21(18-7-9-19(10-8-18)22(2,3)4)13-14-24(16)20-11-5-17(15-23)6-12-20/h5-12,16,21H,13-14H2,1-4H3/t16-,21+/m1/s1. The molecule has 1 aliphatic rings. The van der Waals surface area contributed by atoms with Gasteiger partial charge in [0.25, 0.3) is 0 Å². The zero-order chi connectivity index (χ0) is 17.3. The van der Waals surface area contributed by atoms with Crippen molar-refractivity contribution in [3.05, 3.63) is 65.2 Å². The van der Waals surface area contributed by atoms with Crippen LogP contribution in [-0.4, -0.2) is 12.6 Å². The van der Waals surface area contributed by atoms with Crippen molar-refractivity contribution in [2.75, 3.05) is 11.4 Å². The Kier molecular flexibility index (Phi) is 4.37. The van der Waals surface area contributed by atoms with Crippen LogP contribution in [0.15, 0.2) is 48.5 Å². The highest BCUT2D eigenvalue weighted by Gasteiger charge is 2.32. The van der Waals surface area contributed by atoms with E-state index in [0.29, 0.717) is 12.0 Å². The van der Waals surface area contributed by atoms with Gasteiger partial charge in [0.15, 0.2) is 0 Å². The molecule has 0 saturated carbocycles.